The van der Waals surface area contributed by atoms with E-state index in [0.717, 1.165) is 12.1 Å². The number of rotatable bonds is 3. The first kappa shape index (κ1) is 10.2. The number of halogens is 1. The number of alkyl halides is 1. The van der Waals surface area contributed by atoms with Crippen LogP contribution in [0.4, 0.5) is 0 Å². The van der Waals surface area contributed by atoms with Gasteiger partial charge in [0.05, 0.1) is 18.1 Å². The average Bonchev–Trinajstić information content (AvgIpc) is 2.68. The topological polar surface area (TPSA) is 17.8 Å². The Labute approximate surface area is 94.5 Å². The van der Waals surface area contributed by atoms with Gasteiger partial charge in [-0.25, -0.2) is 0 Å². The van der Waals surface area contributed by atoms with Crippen LogP contribution in [0.2, 0.25) is 0 Å². The maximum absolute atomic E-state index is 5.97. The van der Waals surface area contributed by atoms with E-state index in [9.17, 15) is 0 Å². The number of hydrogen-bond acceptors (Lipinski definition) is 1. The Balaban J connectivity index is 2.12. The van der Waals surface area contributed by atoms with Crippen molar-refractivity contribution in [2.24, 2.45) is 0 Å². The highest BCUT2D eigenvalue weighted by Gasteiger charge is 2.04. The zero-order chi connectivity index (χ0) is 10.7. The van der Waals surface area contributed by atoms with Gasteiger partial charge in [0.25, 0.3) is 0 Å². The maximum atomic E-state index is 5.97. The zero-order valence-corrected chi connectivity index (χ0v) is 9.35. The van der Waals surface area contributed by atoms with Gasteiger partial charge in [-0.05, 0) is 12.5 Å². The molecule has 2 nitrogen and oxygen atoms in total. The van der Waals surface area contributed by atoms with Gasteiger partial charge in [-0.2, -0.15) is 5.10 Å². The first-order valence-corrected chi connectivity index (χ1v) is 5.39. The summed E-state index contributed by atoms with van der Waals surface area (Å²) in [6, 6.07) is 10.3. The van der Waals surface area contributed by atoms with E-state index in [2.05, 4.69) is 17.2 Å². The fourth-order valence-electron chi connectivity index (χ4n) is 1.44. The van der Waals surface area contributed by atoms with Crippen LogP contribution < -0.4 is 0 Å². The second kappa shape index (κ2) is 4.49. The smallest absolute Gasteiger partial charge is 0.0659 e. The Hall–Kier alpha value is -1.28. The first-order valence-electron chi connectivity index (χ1n) is 4.96. The third kappa shape index (κ3) is 2.60. The quantitative estimate of drug-likeness (QED) is 0.727. The van der Waals surface area contributed by atoms with E-state index in [1.54, 1.807) is 0 Å². The summed E-state index contributed by atoms with van der Waals surface area (Å²) >= 11 is 5.97. The molecule has 1 unspecified atom stereocenters. The van der Waals surface area contributed by atoms with Crippen molar-refractivity contribution in [2.45, 2.75) is 18.8 Å². The Morgan fingerprint density at radius 2 is 2.07 bits per heavy atom. The lowest BCUT2D eigenvalue weighted by molar-refractivity contribution is 0.686. The molecule has 1 heterocycles. The normalized spacial score (nSPS) is 12.7. The second-order valence-electron chi connectivity index (χ2n) is 3.57. The van der Waals surface area contributed by atoms with Crippen LogP contribution in [0, 0.1) is 0 Å². The highest BCUT2D eigenvalue weighted by atomic mass is 35.5. The van der Waals surface area contributed by atoms with E-state index < -0.39 is 0 Å². The third-order valence-electron chi connectivity index (χ3n) is 2.30. The van der Waals surface area contributed by atoms with E-state index in [-0.39, 0.29) is 5.38 Å². The zero-order valence-electron chi connectivity index (χ0n) is 8.60. The van der Waals surface area contributed by atoms with Crippen LogP contribution in [0.3, 0.4) is 0 Å². The lowest BCUT2D eigenvalue weighted by Gasteiger charge is -2.01. The van der Waals surface area contributed by atoms with Crippen LogP contribution in [0.5, 0.6) is 0 Å². The fourth-order valence-corrected chi connectivity index (χ4v) is 1.55. The predicted molar refractivity (Wildman–Crippen MR) is 62.0 cm³/mol. The van der Waals surface area contributed by atoms with Crippen molar-refractivity contribution in [3.05, 3.63) is 53.9 Å². The number of aromatic nitrogens is 2. The number of benzene rings is 1. The van der Waals surface area contributed by atoms with Crippen LogP contribution in [0.1, 0.15) is 23.4 Å². The summed E-state index contributed by atoms with van der Waals surface area (Å²) in [5.41, 5.74) is 2.31. The van der Waals surface area contributed by atoms with Gasteiger partial charge in [0, 0.05) is 11.8 Å². The molecule has 1 aromatic carbocycles. The predicted octanol–water partition coefficient (Wildman–Crippen LogP) is 3.23. The van der Waals surface area contributed by atoms with Crippen molar-refractivity contribution in [1.82, 2.24) is 9.78 Å². The van der Waals surface area contributed by atoms with E-state index in [1.807, 2.05) is 42.2 Å². The fraction of sp³-hybridized carbons (Fsp3) is 0.250. The highest BCUT2D eigenvalue weighted by molar-refractivity contribution is 6.20. The Bertz CT molecular complexity index is 420. The minimum atomic E-state index is 0.0227. The van der Waals surface area contributed by atoms with Gasteiger partial charge in [-0.15, -0.1) is 11.6 Å². The summed E-state index contributed by atoms with van der Waals surface area (Å²) in [7, 11) is 0. The Morgan fingerprint density at radius 3 is 2.67 bits per heavy atom. The van der Waals surface area contributed by atoms with Gasteiger partial charge in [0.2, 0.25) is 0 Å². The second-order valence-corrected chi connectivity index (χ2v) is 4.23. The van der Waals surface area contributed by atoms with Crippen LogP contribution in [0.15, 0.2) is 42.7 Å². The summed E-state index contributed by atoms with van der Waals surface area (Å²) in [5, 5.41) is 4.29. The van der Waals surface area contributed by atoms with Crippen molar-refractivity contribution >= 4 is 11.6 Å². The summed E-state index contributed by atoms with van der Waals surface area (Å²) in [5.74, 6) is 0. The Morgan fingerprint density at radius 1 is 1.33 bits per heavy atom. The van der Waals surface area contributed by atoms with Crippen molar-refractivity contribution in [3.63, 3.8) is 0 Å². The van der Waals surface area contributed by atoms with E-state index in [0.29, 0.717) is 0 Å². The van der Waals surface area contributed by atoms with Gasteiger partial charge in [0.15, 0.2) is 0 Å². The molecule has 0 saturated heterocycles. The average molecular weight is 221 g/mol. The molecule has 3 heteroatoms. The molecule has 1 atom stereocenters. The molecule has 78 valence electrons. The SMILES string of the molecule is CC(Cl)c1cnn(Cc2ccccc2)c1. The maximum Gasteiger partial charge on any atom is 0.0659 e. The first-order chi connectivity index (χ1) is 7.25. The van der Waals surface area contributed by atoms with E-state index in [1.165, 1.54) is 5.56 Å². The lowest BCUT2D eigenvalue weighted by Crippen LogP contribution is -1.99. The van der Waals surface area contributed by atoms with Crippen LogP contribution >= 0.6 is 11.6 Å². The van der Waals surface area contributed by atoms with Crippen molar-refractivity contribution < 1.29 is 0 Å². The van der Waals surface area contributed by atoms with Gasteiger partial charge in [0.1, 0.15) is 0 Å². The molecule has 1 aromatic heterocycles. The molecule has 0 amide bonds. The van der Waals surface area contributed by atoms with Crippen LogP contribution in [0.25, 0.3) is 0 Å². The summed E-state index contributed by atoms with van der Waals surface area (Å²) in [4.78, 5) is 0. The standard InChI is InChI=1S/C12H13ClN2/c1-10(13)12-7-14-15(9-12)8-11-5-3-2-4-6-11/h2-7,9-10H,8H2,1H3. The van der Waals surface area contributed by atoms with Gasteiger partial charge < -0.3 is 0 Å². The number of hydrogen-bond donors (Lipinski definition) is 0. The molecule has 0 aliphatic rings. The molecule has 0 saturated carbocycles. The van der Waals surface area contributed by atoms with E-state index >= 15 is 0 Å². The van der Waals surface area contributed by atoms with Crippen LogP contribution in [-0.4, -0.2) is 9.78 Å². The van der Waals surface area contributed by atoms with Gasteiger partial charge >= 0.3 is 0 Å². The molecule has 0 N–H and O–H groups in total. The molecule has 0 bridgehead atoms. The molecule has 0 aliphatic heterocycles. The summed E-state index contributed by atoms with van der Waals surface area (Å²) < 4.78 is 1.91. The minimum Gasteiger partial charge on any atom is -0.268 e. The summed E-state index contributed by atoms with van der Waals surface area (Å²) in [6.45, 7) is 2.75. The van der Waals surface area contributed by atoms with Crippen LogP contribution in [-0.2, 0) is 6.54 Å². The molecule has 0 fully saturated rings. The van der Waals surface area contributed by atoms with Crippen molar-refractivity contribution in [1.29, 1.82) is 0 Å². The molecule has 0 radical (unpaired) electrons. The lowest BCUT2D eigenvalue weighted by atomic mass is 10.2. The van der Waals surface area contributed by atoms with E-state index in [4.69, 9.17) is 11.6 Å². The van der Waals surface area contributed by atoms with Crippen molar-refractivity contribution in [2.75, 3.05) is 0 Å². The highest BCUT2D eigenvalue weighted by Crippen LogP contribution is 2.18. The molecule has 15 heavy (non-hydrogen) atoms. The molecule has 2 rings (SSSR count). The molecule has 0 spiro atoms. The Kier molecular flexibility index (Phi) is 3.07. The molecule has 0 aliphatic carbocycles. The van der Waals surface area contributed by atoms with Crippen molar-refractivity contribution in [3.8, 4) is 0 Å². The van der Waals surface area contributed by atoms with Gasteiger partial charge in [-0.1, -0.05) is 30.3 Å². The monoisotopic (exact) mass is 220 g/mol. The summed E-state index contributed by atoms with van der Waals surface area (Å²) in [6.07, 6.45) is 3.81. The van der Waals surface area contributed by atoms with Gasteiger partial charge in [-0.3, -0.25) is 4.68 Å². The molecular formula is C12H13ClN2. The molecular weight excluding hydrogens is 208 g/mol. The minimum absolute atomic E-state index is 0.0227. The molecule has 2 aromatic rings. The third-order valence-corrected chi connectivity index (χ3v) is 2.55. The largest absolute Gasteiger partial charge is 0.268 e. The number of nitrogens with zero attached hydrogens (tertiary/aromatic N) is 2.